The van der Waals surface area contributed by atoms with E-state index in [1.165, 1.54) is 17.8 Å². The van der Waals surface area contributed by atoms with Gasteiger partial charge in [0, 0.05) is 5.41 Å². The van der Waals surface area contributed by atoms with Crippen LogP contribution in [-0.2, 0) is 4.79 Å². The molecule has 1 aromatic heterocycles. The topological polar surface area (TPSA) is 62.2 Å². The van der Waals surface area contributed by atoms with Crippen LogP contribution in [0, 0.1) is 17.3 Å². The van der Waals surface area contributed by atoms with Crippen LogP contribution in [0.3, 0.4) is 0 Å². The predicted molar refractivity (Wildman–Crippen MR) is 75.9 cm³/mol. The van der Waals surface area contributed by atoms with Crippen molar-refractivity contribution in [1.82, 2.24) is 4.98 Å². The molecule has 102 valence electrons. The molecule has 0 aromatic carbocycles. The number of anilines is 1. The first-order valence-corrected chi connectivity index (χ1v) is 7.33. The molecule has 19 heavy (non-hydrogen) atoms. The SMILES string of the molecule is CC1(C(=O)Nc2ncc(C#CCO)s2)CCCCC1. The van der Waals surface area contributed by atoms with Gasteiger partial charge >= 0.3 is 0 Å². The van der Waals surface area contributed by atoms with Crippen molar-refractivity contribution in [3.63, 3.8) is 0 Å². The van der Waals surface area contributed by atoms with Gasteiger partial charge in [-0.1, -0.05) is 49.4 Å². The second-order valence-corrected chi connectivity index (χ2v) is 6.10. The molecule has 0 unspecified atom stereocenters. The molecule has 0 radical (unpaired) electrons. The fourth-order valence-electron chi connectivity index (χ4n) is 2.32. The molecule has 1 fully saturated rings. The van der Waals surface area contributed by atoms with E-state index < -0.39 is 0 Å². The van der Waals surface area contributed by atoms with E-state index in [1.54, 1.807) is 6.20 Å². The van der Waals surface area contributed by atoms with Crippen molar-refractivity contribution in [3.8, 4) is 11.8 Å². The predicted octanol–water partition coefficient (Wildman–Crippen LogP) is 2.40. The summed E-state index contributed by atoms with van der Waals surface area (Å²) in [6, 6.07) is 0. The highest BCUT2D eigenvalue weighted by atomic mass is 32.1. The summed E-state index contributed by atoms with van der Waals surface area (Å²) in [5, 5.41) is 12.1. The summed E-state index contributed by atoms with van der Waals surface area (Å²) in [5.41, 5.74) is -0.263. The zero-order chi connectivity index (χ0) is 13.7. The van der Waals surface area contributed by atoms with Crippen LogP contribution in [0.4, 0.5) is 5.13 Å². The standard InChI is InChI=1S/C14H18N2O2S/c1-14(7-3-2-4-8-14)12(18)16-13-15-10-11(19-13)6-5-9-17/h10,17H,2-4,7-9H2,1H3,(H,15,16,18). The van der Waals surface area contributed by atoms with Gasteiger partial charge in [-0.3, -0.25) is 4.79 Å². The van der Waals surface area contributed by atoms with E-state index in [2.05, 4.69) is 22.1 Å². The van der Waals surface area contributed by atoms with Crippen molar-refractivity contribution in [2.24, 2.45) is 5.41 Å². The van der Waals surface area contributed by atoms with Crippen LogP contribution < -0.4 is 5.32 Å². The first-order valence-electron chi connectivity index (χ1n) is 6.51. The smallest absolute Gasteiger partial charge is 0.232 e. The average molecular weight is 278 g/mol. The van der Waals surface area contributed by atoms with Crippen LogP contribution in [0.2, 0.25) is 0 Å². The Kier molecular flexibility index (Phi) is 4.56. The Morgan fingerprint density at radius 3 is 2.95 bits per heavy atom. The van der Waals surface area contributed by atoms with E-state index in [0.29, 0.717) is 5.13 Å². The molecule has 4 nitrogen and oxygen atoms in total. The third kappa shape index (κ3) is 3.55. The fourth-order valence-corrected chi connectivity index (χ4v) is 3.01. The van der Waals surface area contributed by atoms with Gasteiger partial charge in [-0.05, 0) is 12.8 Å². The first kappa shape index (κ1) is 14.0. The summed E-state index contributed by atoms with van der Waals surface area (Å²) in [5.74, 6) is 5.41. The Balaban J connectivity index is 2.00. The molecule has 0 atom stereocenters. The number of rotatable bonds is 2. The molecule has 1 heterocycles. The minimum absolute atomic E-state index is 0.0585. The van der Waals surface area contributed by atoms with Gasteiger partial charge in [0.05, 0.1) is 11.1 Å². The maximum atomic E-state index is 12.3. The number of carbonyl (C=O) groups excluding carboxylic acids is 1. The zero-order valence-electron chi connectivity index (χ0n) is 11.0. The number of amides is 1. The highest BCUT2D eigenvalue weighted by Gasteiger charge is 2.34. The number of aliphatic hydroxyl groups excluding tert-OH is 1. The molecule has 5 heteroatoms. The van der Waals surface area contributed by atoms with E-state index >= 15 is 0 Å². The number of hydrogen-bond donors (Lipinski definition) is 2. The molecule has 1 aromatic rings. The largest absolute Gasteiger partial charge is 0.384 e. The van der Waals surface area contributed by atoms with E-state index in [0.717, 1.165) is 30.6 Å². The molecule has 0 bridgehead atoms. The minimum Gasteiger partial charge on any atom is -0.384 e. The zero-order valence-corrected chi connectivity index (χ0v) is 11.8. The van der Waals surface area contributed by atoms with Gasteiger partial charge in [-0.25, -0.2) is 4.98 Å². The number of nitrogens with one attached hydrogen (secondary N) is 1. The Bertz CT molecular complexity index is 507. The average Bonchev–Trinajstić information content (AvgIpc) is 2.85. The van der Waals surface area contributed by atoms with Crippen LogP contribution in [0.25, 0.3) is 0 Å². The Hall–Kier alpha value is -1.38. The van der Waals surface area contributed by atoms with Crippen molar-refractivity contribution in [2.45, 2.75) is 39.0 Å². The molecular formula is C14H18N2O2S. The number of carbonyl (C=O) groups is 1. The van der Waals surface area contributed by atoms with Crippen LogP contribution in [0.5, 0.6) is 0 Å². The van der Waals surface area contributed by atoms with Crippen molar-refractivity contribution in [2.75, 3.05) is 11.9 Å². The number of aromatic nitrogens is 1. The van der Waals surface area contributed by atoms with Crippen molar-refractivity contribution in [1.29, 1.82) is 0 Å². The number of thiazole rings is 1. The fraction of sp³-hybridized carbons (Fsp3) is 0.571. The van der Waals surface area contributed by atoms with Gasteiger partial charge in [-0.15, -0.1) is 0 Å². The van der Waals surface area contributed by atoms with E-state index in [4.69, 9.17) is 5.11 Å². The minimum atomic E-state index is -0.263. The normalized spacial score (nSPS) is 17.4. The van der Waals surface area contributed by atoms with E-state index in [9.17, 15) is 4.79 Å². The summed E-state index contributed by atoms with van der Waals surface area (Å²) in [6.07, 6.45) is 6.97. The van der Waals surface area contributed by atoms with Crippen molar-refractivity contribution >= 4 is 22.4 Å². The van der Waals surface area contributed by atoms with Gasteiger partial charge in [-0.2, -0.15) is 0 Å². The van der Waals surface area contributed by atoms with Crippen LogP contribution in [0.15, 0.2) is 6.20 Å². The lowest BCUT2D eigenvalue weighted by Gasteiger charge is -2.31. The van der Waals surface area contributed by atoms with Crippen LogP contribution in [-0.4, -0.2) is 22.6 Å². The highest BCUT2D eigenvalue weighted by Crippen LogP contribution is 2.37. The van der Waals surface area contributed by atoms with Crippen LogP contribution >= 0.6 is 11.3 Å². The Labute approximate surface area is 117 Å². The monoisotopic (exact) mass is 278 g/mol. The molecule has 0 aliphatic heterocycles. The lowest BCUT2D eigenvalue weighted by atomic mass is 9.75. The van der Waals surface area contributed by atoms with Gasteiger partial charge < -0.3 is 10.4 Å². The molecule has 1 amide bonds. The lowest BCUT2D eigenvalue weighted by molar-refractivity contribution is -0.126. The second-order valence-electron chi connectivity index (χ2n) is 5.06. The lowest BCUT2D eigenvalue weighted by Crippen LogP contribution is -2.35. The highest BCUT2D eigenvalue weighted by molar-refractivity contribution is 7.16. The number of hydrogen-bond acceptors (Lipinski definition) is 4. The summed E-state index contributed by atoms with van der Waals surface area (Å²) < 4.78 is 0. The molecular weight excluding hydrogens is 260 g/mol. The molecule has 1 aliphatic rings. The van der Waals surface area contributed by atoms with Gasteiger partial charge in [0.25, 0.3) is 0 Å². The second kappa shape index (κ2) is 6.18. The molecule has 1 aliphatic carbocycles. The number of nitrogens with zero attached hydrogens (tertiary/aromatic N) is 1. The van der Waals surface area contributed by atoms with E-state index in [1.807, 2.05) is 6.92 Å². The third-order valence-electron chi connectivity index (χ3n) is 3.52. The van der Waals surface area contributed by atoms with Crippen molar-refractivity contribution in [3.05, 3.63) is 11.1 Å². The molecule has 2 rings (SSSR count). The molecule has 0 saturated heterocycles. The number of aliphatic hydroxyl groups is 1. The van der Waals surface area contributed by atoms with E-state index in [-0.39, 0.29) is 17.9 Å². The summed E-state index contributed by atoms with van der Waals surface area (Å²) in [7, 11) is 0. The molecule has 1 saturated carbocycles. The molecule has 2 N–H and O–H groups in total. The Morgan fingerprint density at radius 2 is 2.26 bits per heavy atom. The summed E-state index contributed by atoms with van der Waals surface area (Å²) >= 11 is 1.34. The first-order chi connectivity index (χ1) is 9.14. The Morgan fingerprint density at radius 1 is 1.53 bits per heavy atom. The third-order valence-corrected chi connectivity index (χ3v) is 4.35. The maximum absolute atomic E-state index is 12.3. The van der Waals surface area contributed by atoms with Gasteiger partial charge in [0.2, 0.25) is 5.91 Å². The van der Waals surface area contributed by atoms with Crippen molar-refractivity contribution < 1.29 is 9.90 Å². The summed E-state index contributed by atoms with van der Waals surface area (Å²) in [4.78, 5) is 17.2. The quantitative estimate of drug-likeness (QED) is 0.817. The van der Waals surface area contributed by atoms with Gasteiger partial charge in [0.1, 0.15) is 6.61 Å². The maximum Gasteiger partial charge on any atom is 0.232 e. The van der Waals surface area contributed by atoms with Gasteiger partial charge in [0.15, 0.2) is 5.13 Å². The summed E-state index contributed by atoms with van der Waals surface area (Å²) in [6.45, 7) is 1.86. The van der Waals surface area contributed by atoms with Crippen LogP contribution in [0.1, 0.15) is 43.9 Å². The molecule has 0 spiro atoms.